The molecular weight excluding hydrogens is 490 g/mol. The summed E-state index contributed by atoms with van der Waals surface area (Å²) in [6, 6.07) is 8.09. The maximum atomic E-state index is 12.7. The van der Waals surface area contributed by atoms with Gasteiger partial charge in [-0.2, -0.15) is 0 Å². The fraction of sp³-hybridized carbons (Fsp3) is 0.407. The molecule has 4 rings (SSSR count). The molecule has 1 unspecified atom stereocenters. The lowest BCUT2D eigenvalue weighted by Gasteiger charge is -2.17. The Kier molecular flexibility index (Phi) is 9.14. The fourth-order valence-corrected chi connectivity index (χ4v) is 4.57. The smallest absolute Gasteiger partial charge is 0.243 e. The van der Waals surface area contributed by atoms with Gasteiger partial charge in [0.1, 0.15) is 0 Å². The Morgan fingerprint density at radius 2 is 2.11 bits per heavy atom. The molecule has 0 saturated carbocycles. The summed E-state index contributed by atoms with van der Waals surface area (Å²) in [5, 5.41) is 7.77. The number of amides is 2. The number of nitrogens with zero attached hydrogens (tertiary/aromatic N) is 4. The number of hydrogen-bond acceptors (Lipinski definition) is 6. The van der Waals surface area contributed by atoms with Crippen molar-refractivity contribution in [1.29, 1.82) is 0 Å². The molecule has 1 aliphatic rings. The molecule has 2 aromatic heterocycles. The molecule has 3 N–H and O–H groups in total. The first kappa shape index (κ1) is 26.6. The molecule has 0 bridgehead atoms. The number of aromatic nitrogens is 3. The Bertz CT molecular complexity index is 1260. The van der Waals surface area contributed by atoms with E-state index in [4.69, 9.17) is 16.6 Å². The number of hydrogen-bond donors (Lipinski definition) is 3. The van der Waals surface area contributed by atoms with Gasteiger partial charge in [0, 0.05) is 67.4 Å². The monoisotopic (exact) mass is 523 g/mol. The zero-order valence-electron chi connectivity index (χ0n) is 21.3. The highest BCUT2D eigenvalue weighted by Gasteiger charge is 2.26. The largest absolute Gasteiger partial charge is 0.360 e. The predicted molar refractivity (Wildman–Crippen MR) is 147 cm³/mol. The number of aromatic amines is 1. The Balaban J connectivity index is 1.22. The first-order chi connectivity index (χ1) is 17.9. The third-order valence-corrected chi connectivity index (χ3v) is 6.60. The summed E-state index contributed by atoms with van der Waals surface area (Å²) in [5.74, 6) is 0.538. The average Bonchev–Trinajstić information content (AvgIpc) is 3.52. The maximum absolute atomic E-state index is 12.7. The maximum Gasteiger partial charge on any atom is 0.243 e. The Labute approximate surface area is 222 Å². The van der Waals surface area contributed by atoms with Gasteiger partial charge in [0.2, 0.25) is 17.8 Å². The van der Waals surface area contributed by atoms with Crippen molar-refractivity contribution in [2.45, 2.75) is 31.7 Å². The minimum absolute atomic E-state index is 0.0779. The van der Waals surface area contributed by atoms with Crippen LogP contribution in [0.3, 0.4) is 0 Å². The average molecular weight is 524 g/mol. The minimum atomic E-state index is -0.0982. The molecule has 37 heavy (non-hydrogen) atoms. The van der Waals surface area contributed by atoms with Gasteiger partial charge < -0.3 is 25.4 Å². The highest BCUT2D eigenvalue weighted by atomic mass is 35.5. The van der Waals surface area contributed by atoms with Crippen LogP contribution in [-0.2, 0) is 9.59 Å². The Morgan fingerprint density at radius 3 is 2.95 bits per heavy atom. The number of rotatable bonds is 11. The Morgan fingerprint density at radius 1 is 1.27 bits per heavy atom. The second-order valence-electron chi connectivity index (χ2n) is 9.52. The standard InChI is InChI=1S/C27H34ClN7O2/c1-34(2)14-7-10-24(36)29-13-6-5-11-25(37)35-15-12-19(18-35)32-27-31-17-22(28)26(33-27)21-16-30-23-9-4-3-8-20(21)23/h3-4,7-10,16-17,19,30H,5-6,11-15,18H2,1-2H3,(H,29,36)(H,31,32,33)/b10-7+. The molecule has 196 valence electrons. The van der Waals surface area contributed by atoms with Gasteiger partial charge in [-0.05, 0) is 39.4 Å². The van der Waals surface area contributed by atoms with Crippen LogP contribution >= 0.6 is 11.6 Å². The topological polar surface area (TPSA) is 106 Å². The molecule has 1 atom stereocenters. The predicted octanol–water partition coefficient (Wildman–Crippen LogP) is 3.70. The van der Waals surface area contributed by atoms with E-state index in [0.717, 1.165) is 42.3 Å². The molecule has 9 nitrogen and oxygen atoms in total. The van der Waals surface area contributed by atoms with E-state index in [0.29, 0.717) is 42.7 Å². The van der Waals surface area contributed by atoms with Crippen LogP contribution in [0.15, 0.2) is 48.8 Å². The first-order valence-corrected chi connectivity index (χ1v) is 13.0. The van der Waals surface area contributed by atoms with Crippen LogP contribution in [0, 0.1) is 0 Å². The van der Waals surface area contributed by atoms with Gasteiger partial charge >= 0.3 is 0 Å². The lowest BCUT2D eigenvalue weighted by atomic mass is 10.1. The second kappa shape index (κ2) is 12.7. The van der Waals surface area contributed by atoms with E-state index >= 15 is 0 Å². The minimum Gasteiger partial charge on any atom is -0.360 e. The number of benzene rings is 1. The molecule has 0 spiro atoms. The number of carbonyl (C=O) groups excluding carboxylic acids is 2. The zero-order valence-corrected chi connectivity index (χ0v) is 22.1. The van der Waals surface area contributed by atoms with Gasteiger partial charge in [-0.15, -0.1) is 0 Å². The van der Waals surface area contributed by atoms with Crippen molar-refractivity contribution < 1.29 is 9.59 Å². The number of likely N-dealkylation sites (N-methyl/N-ethyl adjacent to an activating group) is 1. The zero-order chi connectivity index (χ0) is 26.2. The van der Waals surface area contributed by atoms with Crippen molar-refractivity contribution in [3.63, 3.8) is 0 Å². The van der Waals surface area contributed by atoms with E-state index in [9.17, 15) is 9.59 Å². The van der Waals surface area contributed by atoms with Gasteiger partial charge in [0.05, 0.1) is 16.9 Å². The lowest BCUT2D eigenvalue weighted by Crippen LogP contribution is -2.32. The van der Waals surface area contributed by atoms with Gasteiger partial charge in [0.15, 0.2) is 0 Å². The number of para-hydroxylation sites is 1. The number of unbranched alkanes of at least 4 members (excludes halogenated alkanes) is 1. The van der Waals surface area contributed by atoms with Crippen molar-refractivity contribution in [3.8, 4) is 11.3 Å². The van der Waals surface area contributed by atoms with Crippen LogP contribution < -0.4 is 10.6 Å². The number of nitrogens with one attached hydrogen (secondary N) is 3. The normalized spacial score (nSPS) is 15.7. The summed E-state index contributed by atoms with van der Waals surface area (Å²) < 4.78 is 0. The molecule has 1 aromatic carbocycles. The van der Waals surface area contributed by atoms with E-state index in [2.05, 4.69) is 20.6 Å². The third-order valence-electron chi connectivity index (χ3n) is 6.32. The van der Waals surface area contributed by atoms with Crippen molar-refractivity contribution >= 4 is 40.3 Å². The quantitative estimate of drug-likeness (QED) is 0.261. The number of likely N-dealkylation sites (tertiary alicyclic amines) is 1. The van der Waals surface area contributed by atoms with Crippen molar-refractivity contribution in [2.24, 2.45) is 0 Å². The third kappa shape index (κ3) is 7.30. The number of anilines is 1. The molecule has 10 heteroatoms. The van der Waals surface area contributed by atoms with Crippen LogP contribution in [0.25, 0.3) is 22.2 Å². The van der Waals surface area contributed by atoms with E-state index in [1.165, 1.54) is 0 Å². The number of fused-ring (bicyclic) bond motifs is 1. The van der Waals surface area contributed by atoms with Gasteiger partial charge in [0.25, 0.3) is 0 Å². The number of halogens is 1. The lowest BCUT2D eigenvalue weighted by molar-refractivity contribution is -0.130. The van der Waals surface area contributed by atoms with Crippen LogP contribution in [0.5, 0.6) is 0 Å². The molecule has 1 aliphatic heterocycles. The molecule has 2 amide bonds. The second-order valence-corrected chi connectivity index (χ2v) is 9.93. The molecule has 1 fully saturated rings. The van der Waals surface area contributed by atoms with Gasteiger partial charge in [-0.25, -0.2) is 9.97 Å². The molecule has 3 aromatic rings. The fourth-order valence-electron chi connectivity index (χ4n) is 4.38. The van der Waals surface area contributed by atoms with E-state index in [-0.39, 0.29) is 17.9 Å². The van der Waals surface area contributed by atoms with Crippen molar-refractivity contribution in [1.82, 2.24) is 30.1 Å². The molecular formula is C27H34ClN7O2. The van der Waals surface area contributed by atoms with E-state index in [1.54, 1.807) is 12.3 Å². The molecule has 0 aliphatic carbocycles. The van der Waals surface area contributed by atoms with Crippen LogP contribution in [0.2, 0.25) is 5.02 Å². The Hall–Kier alpha value is -3.43. The molecule has 1 saturated heterocycles. The first-order valence-electron chi connectivity index (χ1n) is 12.6. The summed E-state index contributed by atoms with van der Waals surface area (Å²) in [7, 11) is 3.90. The highest BCUT2D eigenvalue weighted by molar-refractivity contribution is 6.33. The van der Waals surface area contributed by atoms with E-state index in [1.807, 2.05) is 60.4 Å². The van der Waals surface area contributed by atoms with Crippen molar-refractivity contribution in [3.05, 3.63) is 53.8 Å². The van der Waals surface area contributed by atoms with E-state index < -0.39 is 0 Å². The van der Waals surface area contributed by atoms with Crippen LogP contribution in [0.1, 0.15) is 25.7 Å². The molecule has 3 heterocycles. The number of carbonyl (C=O) groups is 2. The summed E-state index contributed by atoms with van der Waals surface area (Å²) in [4.78, 5) is 40.6. The summed E-state index contributed by atoms with van der Waals surface area (Å²) in [6.45, 7) is 2.60. The van der Waals surface area contributed by atoms with Gasteiger partial charge in [-0.3, -0.25) is 9.59 Å². The molecule has 0 radical (unpaired) electrons. The van der Waals surface area contributed by atoms with Crippen LogP contribution in [0.4, 0.5) is 5.95 Å². The SMILES string of the molecule is CN(C)C/C=C/C(=O)NCCCCC(=O)N1CCC(Nc2ncc(Cl)c(-c3c[nH]c4ccccc34)n2)C1. The van der Waals surface area contributed by atoms with Gasteiger partial charge in [-0.1, -0.05) is 35.9 Å². The number of H-pyrrole nitrogens is 1. The van der Waals surface area contributed by atoms with Crippen LogP contribution in [-0.4, -0.2) is 82.9 Å². The summed E-state index contributed by atoms with van der Waals surface area (Å²) in [5.41, 5.74) is 2.61. The summed E-state index contributed by atoms with van der Waals surface area (Å²) >= 11 is 6.44. The highest BCUT2D eigenvalue weighted by Crippen LogP contribution is 2.32. The van der Waals surface area contributed by atoms with Crippen molar-refractivity contribution in [2.75, 3.05) is 45.6 Å². The summed E-state index contributed by atoms with van der Waals surface area (Å²) in [6.07, 6.45) is 9.71.